The van der Waals surface area contributed by atoms with Crippen LogP contribution in [0.25, 0.3) is 0 Å². The van der Waals surface area contributed by atoms with Crippen molar-refractivity contribution in [3.8, 4) is 11.8 Å². The summed E-state index contributed by atoms with van der Waals surface area (Å²) < 4.78 is 30.2. The summed E-state index contributed by atoms with van der Waals surface area (Å²) in [7, 11) is -3.79. The van der Waals surface area contributed by atoms with Crippen molar-refractivity contribution in [3.63, 3.8) is 0 Å². The Morgan fingerprint density at radius 1 is 1.35 bits per heavy atom. The van der Waals surface area contributed by atoms with E-state index in [1.807, 2.05) is 0 Å². The minimum absolute atomic E-state index is 0.132. The summed E-state index contributed by atoms with van der Waals surface area (Å²) in [5.74, 6) is 3.63. The molecule has 0 saturated heterocycles. The van der Waals surface area contributed by atoms with Crippen LogP contribution in [0.15, 0.2) is 24.3 Å². The van der Waals surface area contributed by atoms with Crippen LogP contribution < -0.4 is 4.72 Å². The van der Waals surface area contributed by atoms with E-state index in [2.05, 4.69) is 21.3 Å². The molecule has 0 heterocycles. The number of sulfonamides is 1. The standard InChI is InChI=1S/C13H15NO5S/c1-2-19-13(16)10-20(17,18)14-12-7-5-11(6-8-12)4-3-9-15/h5-8,14-15H,2,9-10H2,1H3. The molecule has 0 unspecified atom stereocenters. The normalized spacial score (nSPS) is 10.3. The molecule has 0 aromatic heterocycles. The van der Waals surface area contributed by atoms with Crippen LogP contribution in [-0.2, 0) is 19.6 Å². The summed E-state index contributed by atoms with van der Waals surface area (Å²) in [5.41, 5.74) is 0.969. The molecule has 0 atom stereocenters. The number of aliphatic hydroxyl groups is 1. The number of hydrogen-bond acceptors (Lipinski definition) is 5. The Morgan fingerprint density at radius 3 is 2.55 bits per heavy atom. The summed E-state index contributed by atoms with van der Waals surface area (Å²) >= 11 is 0. The topological polar surface area (TPSA) is 92.7 Å². The lowest BCUT2D eigenvalue weighted by molar-refractivity contribution is -0.139. The SMILES string of the molecule is CCOC(=O)CS(=O)(=O)Nc1ccc(C#CCO)cc1. The monoisotopic (exact) mass is 297 g/mol. The molecular weight excluding hydrogens is 282 g/mol. The van der Waals surface area contributed by atoms with Gasteiger partial charge < -0.3 is 9.84 Å². The van der Waals surface area contributed by atoms with E-state index < -0.39 is 21.7 Å². The van der Waals surface area contributed by atoms with E-state index in [0.717, 1.165) is 0 Å². The summed E-state index contributed by atoms with van der Waals surface area (Å²) in [6, 6.07) is 6.24. The summed E-state index contributed by atoms with van der Waals surface area (Å²) in [4.78, 5) is 11.1. The Hall–Kier alpha value is -2.04. The summed E-state index contributed by atoms with van der Waals surface area (Å²) in [6.07, 6.45) is 0. The van der Waals surface area contributed by atoms with Gasteiger partial charge >= 0.3 is 5.97 Å². The highest BCUT2D eigenvalue weighted by atomic mass is 32.2. The largest absolute Gasteiger partial charge is 0.465 e. The number of rotatable bonds is 5. The molecule has 0 amide bonds. The van der Waals surface area contributed by atoms with E-state index >= 15 is 0 Å². The van der Waals surface area contributed by atoms with E-state index in [-0.39, 0.29) is 13.2 Å². The third-order valence-corrected chi connectivity index (χ3v) is 3.25. The molecule has 0 aliphatic carbocycles. The maximum absolute atomic E-state index is 11.7. The fourth-order valence-electron chi connectivity index (χ4n) is 1.34. The molecule has 7 heteroatoms. The van der Waals surface area contributed by atoms with Crippen LogP contribution in [0.3, 0.4) is 0 Å². The highest BCUT2D eigenvalue weighted by molar-refractivity contribution is 7.93. The number of benzene rings is 1. The van der Waals surface area contributed by atoms with Gasteiger partial charge in [0.25, 0.3) is 0 Å². The van der Waals surface area contributed by atoms with Gasteiger partial charge in [-0.2, -0.15) is 0 Å². The maximum Gasteiger partial charge on any atom is 0.323 e. The van der Waals surface area contributed by atoms with Crippen molar-refractivity contribution in [2.24, 2.45) is 0 Å². The van der Waals surface area contributed by atoms with Crippen molar-refractivity contribution in [3.05, 3.63) is 29.8 Å². The number of aliphatic hydroxyl groups excluding tert-OH is 1. The van der Waals surface area contributed by atoms with Gasteiger partial charge in [0.1, 0.15) is 6.61 Å². The number of anilines is 1. The molecule has 0 fully saturated rings. The summed E-state index contributed by atoms with van der Waals surface area (Å²) in [6.45, 7) is 1.49. The van der Waals surface area contributed by atoms with Crippen LogP contribution in [0.2, 0.25) is 0 Å². The molecule has 0 bridgehead atoms. The molecule has 1 rings (SSSR count). The Bertz CT molecular complexity index is 610. The molecule has 0 aliphatic rings. The van der Waals surface area contributed by atoms with Crippen LogP contribution in [0.5, 0.6) is 0 Å². The lowest BCUT2D eigenvalue weighted by atomic mass is 10.2. The van der Waals surface area contributed by atoms with Gasteiger partial charge in [0, 0.05) is 11.3 Å². The quantitative estimate of drug-likeness (QED) is 0.604. The predicted octanol–water partition coefficient (Wildman–Crippen LogP) is 0.335. The lowest BCUT2D eigenvalue weighted by Crippen LogP contribution is -2.24. The highest BCUT2D eigenvalue weighted by Crippen LogP contribution is 2.11. The number of ether oxygens (including phenoxy) is 1. The zero-order chi connectivity index (χ0) is 15.0. The van der Waals surface area contributed by atoms with E-state index in [1.165, 1.54) is 12.1 Å². The molecule has 0 aliphatic heterocycles. The third-order valence-electron chi connectivity index (χ3n) is 2.08. The van der Waals surface area contributed by atoms with E-state index in [1.54, 1.807) is 19.1 Å². The van der Waals surface area contributed by atoms with Crippen molar-refractivity contribution < 1.29 is 23.1 Å². The second-order valence-corrected chi connectivity index (χ2v) is 5.43. The third kappa shape index (κ3) is 5.73. The molecule has 2 N–H and O–H groups in total. The van der Waals surface area contributed by atoms with Crippen molar-refractivity contribution in [1.82, 2.24) is 0 Å². The van der Waals surface area contributed by atoms with Crippen LogP contribution in [0, 0.1) is 11.8 Å². The smallest absolute Gasteiger partial charge is 0.323 e. The van der Waals surface area contributed by atoms with Gasteiger partial charge in [-0.15, -0.1) is 0 Å². The molecule has 0 radical (unpaired) electrons. The number of nitrogens with one attached hydrogen (secondary N) is 1. The van der Waals surface area contributed by atoms with Gasteiger partial charge in [-0.25, -0.2) is 8.42 Å². The zero-order valence-electron chi connectivity index (χ0n) is 10.9. The van der Waals surface area contributed by atoms with Crippen molar-refractivity contribution in [2.75, 3.05) is 23.7 Å². The first kappa shape index (κ1) is 16.0. The van der Waals surface area contributed by atoms with E-state index in [0.29, 0.717) is 11.3 Å². The molecule has 108 valence electrons. The molecule has 1 aromatic rings. The van der Waals surface area contributed by atoms with Gasteiger partial charge in [-0.05, 0) is 31.2 Å². The highest BCUT2D eigenvalue weighted by Gasteiger charge is 2.17. The van der Waals surface area contributed by atoms with Gasteiger partial charge in [0.15, 0.2) is 5.75 Å². The Kier molecular flexibility index (Phi) is 6.03. The molecule has 1 aromatic carbocycles. The fourth-order valence-corrected chi connectivity index (χ4v) is 2.30. The molecule has 0 spiro atoms. The van der Waals surface area contributed by atoms with Crippen LogP contribution in [0.4, 0.5) is 5.69 Å². The van der Waals surface area contributed by atoms with Gasteiger partial charge in [0.05, 0.1) is 6.61 Å². The molecule has 6 nitrogen and oxygen atoms in total. The minimum atomic E-state index is -3.79. The second kappa shape index (κ2) is 7.53. The fraction of sp³-hybridized carbons (Fsp3) is 0.308. The number of esters is 1. The van der Waals surface area contributed by atoms with Crippen molar-refractivity contribution in [2.45, 2.75) is 6.92 Å². The zero-order valence-corrected chi connectivity index (χ0v) is 11.7. The van der Waals surface area contributed by atoms with Crippen molar-refractivity contribution in [1.29, 1.82) is 0 Å². The van der Waals surface area contributed by atoms with Crippen LogP contribution >= 0.6 is 0 Å². The second-order valence-electron chi connectivity index (χ2n) is 3.70. The maximum atomic E-state index is 11.7. The first-order valence-electron chi connectivity index (χ1n) is 5.82. The first-order valence-corrected chi connectivity index (χ1v) is 7.48. The lowest BCUT2D eigenvalue weighted by Gasteiger charge is -2.07. The Morgan fingerprint density at radius 2 is 2.00 bits per heavy atom. The van der Waals surface area contributed by atoms with Gasteiger partial charge in [0.2, 0.25) is 10.0 Å². The van der Waals surface area contributed by atoms with Crippen LogP contribution in [0.1, 0.15) is 12.5 Å². The molecular formula is C13H15NO5S. The van der Waals surface area contributed by atoms with Crippen molar-refractivity contribution >= 4 is 21.7 Å². The van der Waals surface area contributed by atoms with E-state index in [9.17, 15) is 13.2 Å². The van der Waals surface area contributed by atoms with Gasteiger partial charge in [-0.1, -0.05) is 11.8 Å². The molecule has 0 saturated carbocycles. The predicted molar refractivity (Wildman–Crippen MR) is 74.4 cm³/mol. The average molecular weight is 297 g/mol. The number of carbonyl (C=O) groups is 1. The van der Waals surface area contributed by atoms with Gasteiger partial charge in [-0.3, -0.25) is 9.52 Å². The minimum Gasteiger partial charge on any atom is -0.465 e. The molecule has 20 heavy (non-hydrogen) atoms. The summed E-state index contributed by atoms with van der Waals surface area (Å²) in [5, 5.41) is 8.55. The Labute approximate surface area is 117 Å². The number of hydrogen-bond donors (Lipinski definition) is 2. The van der Waals surface area contributed by atoms with E-state index in [4.69, 9.17) is 5.11 Å². The Balaban J connectivity index is 2.70. The van der Waals surface area contributed by atoms with Crippen LogP contribution in [-0.4, -0.2) is 38.5 Å². The first-order chi connectivity index (χ1) is 9.46. The number of carbonyl (C=O) groups excluding carboxylic acids is 1. The average Bonchev–Trinajstić information content (AvgIpc) is 2.37.